The molecule has 8 nitrogen and oxygen atoms in total. The van der Waals surface area contributed by atoms with E-state index in [0.29, 0.717) is 65.6 Å². The molecule has 1 amide bonds. The molecule has 2 aromatic heterocycles. The maximum Gasteiger partial charge on any atom is 0.267 e. The highest BCUT2D eigenvalue weighted by molar-refractivity contribution is 8.26. The minimum Gasteiger partial charge on any atom is -0.385 e. The number of fused-ring (bicyclic) bond motifs is 1. The van der Waals surface area contributed by atoms with Gasteiger partial charge in [0.2, 0.25) is 0 Å². The number of nitrogens with zero attached hydrogens (tertiary/aromatic N) is 3. The summed E-state index contributed by atoms with van der Waals surface area (Å²) in [7, 11) is 1.62. The van der Waals surface area contributed by atoms with Gasteiger partial charge in [0, 0.05) is 46.2 Å². The van der Waals surface area contributed by atoms with Gasteiger partial charge in [0.25, 0.3) is 11.5 Å². The molecular formula is C22H28N4O4S2. The number of hydrogen-bond acceptors (Lipinski definition) is 8. The van der Waals surface area contributed by atoms with Crippen molar-refractivity contribution in [1.82, 2.24) is 14.3 Å². The van der Waals surface area contributed by atoms with E-state index in [1.165, 1.54) is 16.2 Å². The van der Waals surface area contributed by atoms with Crippen LogP contribution in [0.25, 0.3) is 11.7 Å². The molecule has 32 heavy (non-hydrogen) atoms. The van der Waals surface area contributed by atoms with Gasteiger partial charge in [0.05, 0.1) is 10.5 Å². The molecule has 1 aliphatic heterocycles. The molecule has 3 rings (SSSR count). The second-order valence-corrected chi connectivity index (χ2v) is 8.90. The summed E-state index contributed by atoms with van der Waals surface area (Å²) in [5.41, 5.74) is 1.56. The highest BCUT2D eigenvalue weighted by Crippen LogP contribution is 2.33. The van der Waals surface area contributed by atoms with Gasteiger partial charge in [-0.15, -0.1) is 0 Å². The zero-order valence-corrected chi connectivity index (χ0v) is 20.2. The quantitative estimate of drug-likeness (QED) is 0.301. The Morgan fingerprint density at radius 1 is 1.28 bits per heavy atom. The van der Waals surface area contributed by atoms with E-state index in [9.17, 15) is 9.59 Å². The number of methoxy groups -OCH3 is 1. The molecule has 1 fully saturated rings. The van der Waals surface area contributed by atoms with Gasteiger partial charge >= 0.3 is 0 Å². The summed E-state index contributed by atoms with van der Waals surface area (Å²) < 4.78 is 12.4. The Bertz CT molecular complexity index is 1080. The van der Waals surface area contributed by atoms with E-state index in [0.717, 1.165) is 12.0 Å². The number of aryl methyl sites for hydroxylation is 1. The van der Waals surface area contributed by atoms with Crippen LogP contribution in [0.15, 0.2) is 28.0 Å². The third-order valence-corrected chi connectivity index (χ3v) is 6.30. The fourth-order valence-electron chi connectivity index (χ4n) is 3.29. The van der Waals surface area contributed by atoms with E-state index < -0.39 is 0 Å². The topological polar surface area (TPSA) is 85.2 Å². The number of carbonyl (C=O) groups is 1. The second kappa shape index (κ2) is 11.6. The zero-order valence-electron chi connectivity index (χ0n) is 18.6. The van der Waals surface area contributed by atoms with Crippen LogP contribution < -0.4 is 10.9 Å². The molecule has 1 aliphatic rings. The predicted octanol–water partition coefficient (Wildman–Crippen LogP) is 3.08. The average Bonchev–Trinajstić information content (AvgIpc) is 3.04. The molecule has 10 heteroatoms. The van der Waals surface area contributed by atoms with Crippen LogP contribution in [-0.4, -0.2) is 64.5 Å². The van der Waals surface area contributed by atoms with Crippen LogP contribution in [0.3, 0.4) is 0 Å². The van der Waals surface area contributed by atoms with Crippen molar-refractivity contribution in [2.75, 3.05) is 45.3 Å². The highest BCUT2D eigenvalue weighted by atomic mass is 32.2. The number of amides is 1. The van der Waals surface area contributed by atoms with Gasteiger partial charge in [-0.3, -0.25) is 18.9 Å². The van der Waals surface area contributed by atoms with E-state index in [1.807, 2.05) is 19.9 Å². The Morgan fingerprint density at radius 3 is 2.84 bits per heavy atom. The van der Waals surface area contributed by atoms with Crippen molar-refractivity contribution in [2.24, 2.45) is 0 Å². The number of thioether (sulfide) groups is 1. The first kappa shape index (κ1) is 24.4. The van der Waals surface area contributed by atoms with E-state index in [-0.39, 0.29) is 11.5 Å². The minimum atomic E-state index is -0.240. The SMILES string of the molecule is CCOCCCNc1nc2c(C)cccn2c(=O)c1/C=C1\SC(=S)N(CCCOC)C1=O. The molecule has 0 aromatic carbocycles. The number of anilines is 1. The number of carbonyl (C=O) groups excluding carboxylic acids is 1. The van der Waals surface area contributed by atoms with Gasteiger partial charge in [-0.25, -0.2) is 4.98 Å². The predicted molar refractivity (Wildman–Crippen MR) is 132 cm³/mol. The van der Waals surface area contributed by atoms with Crippen LogP contribution in [0.5, 0.6) is 0 Å². The van der Waals surface area contributed by atoms with Crippen molar-refractivity contribution in [1.29, 1.82) is 0 Å². The largest absolute Gasteiger partial charge is 0.385 e. The summed E-state index contributed by atoms with van der Waals surface area (Å²) in [6.45, 7) is 6.74. The first-order valence-electron chi connectivity index (χ1n) is 10.6. The number of rotatable bonds is 11. The number of aromatic nitrogens is 2. The zero-order chi connectivity index (χ0) is 23.1. The third-order valence-electron chi connectivity index (χ3n) is 4.93. The lowest BCUT2D eigenvalue weighted by molar-refractivity contribution is -0.122. The molecule has 0 spiro atoms. The van der Waals surface area contributed by atoms with Crippen LogP contribution in [0.1, 0.15) is 30.9 Å². The summed E-state index contributed by atoms with van der Waals surface area (Å²) in [5.74, 6) is 0.248. The molecular weight excluding hydrogens is 448 g/mol. The van der Waals surface area contributed by atoms with Gasteiger partial charge in [0.1, 0.15) is 15.8 Å². The number of hydrogen-bond donors (Lipinski definition) is 1. The molecule has 3 heterocycles. The number of nitrogens with one attached hydrogen (secondary N) is 1. The molecule has 0 saturated carbocycles. The maximum atomic E-state index is 13.3. The molecule has 0 bridgehead atoms. The van der Waals surface area contributed by atoms with Crippen LogP contribution in [0, 0.1) is 6.92 Å². The number of pyridine rings is 1. The fourth-order valence-corrected chi connectivity index (χ4v) is 4.58. The van der Waals surface area contributed by atoms with E-state index >= 15 is 0 Å². The van der Waals surface area contributed by atoms with Gasteiger partial charge < -0.3 is 14.8 Å². The standard InChI is InChI=1S/C22H28N4O4S2/c1-4-30-13-6-9-23-18-16(20(27)25-10-5-8-15(2)19(25)24-18)14-17-21(28)26(22(31)32-17)11-7-12-29-3/h5,8,10,14,23H,4,6-7,9,11-13H2,1-3H3/b17-14-. The van der Waals surface area contributed by atoms with Crippen molar-refractivity contribution in [3.05, 3.63) is 44.7 Å². The van der Waals surface area contributed by atoms with Crippen molar-refractivity contribution >= 4 is 51.7 Å². The van der Waals surface area contributed by atoms with E-state index in [2.05, 4.69) is 5.32 Å². The van der Waals surface area contributed by atoms with E-state index in [1.54, 1.807) is 30.3 Å². The number of thiocarbonyl (C=S) groups is 1. The molecule has 172 valence electrons. The normalized spacial score (nSPS) is 15.3. The minimum absolute atomic E-state index is 0.202. The number of ether oxygens (including phenoxy) is 2. The van der Waals surface area contributed by atoms with Gasteiger partial charge in [0.15, 0.2) is 0 Å². The Hall–Kier alpha value is -2.27. The van der Waals surface area contributed by atoms with Crippen LogP contribution in [0.2, 0.25) is 0 Å². The molecule has 0 atom stereocenters. The Labute approximate surface area is 197 Å². The van der Waals surface area contributed by atoms with Gasteiger partial charge in [-0.05, 0) is 44.4 Å². The highest BCUT2D eigenvalue weighted by Gasteiger charge is 2.32. The molecule has 0 radical (unpaired) electrons. The van der Waals surface area contributed by atoms with Crippen molar-refractivity contribution in [2.45, 2.75) is 26.7 Å². The summed E-state index contributed by atoms with van der Waals surface area (Å²) in [4.78, 5) is 32.9. The fraction of sp³-hybridized carbons (Fsp3) is 0.455. The van der Waals surface area contributed by atoms with Crippen LogP contribution in [0.4, 0.5) is 5.82 Å². The summed E-state index contributed by atoms with van der Waals surface area (Å²) in [6.07, 6.45) is 4.74. The summed E-state index contributed by atoms with van der Waals surface area (Å²) >= 11 is 6.59. The molecule has 2 aromatic rings. The molecule has 0 unspecified atom stereocenters. The lowest BCUT2D eigenvalue weighted by atomic mass is 10.2. The summed E-state index contributed by atoms with van der Waals surface area (Å²) in [5, 5.41) is 3.25. The van der Waals surface area contributed by atoms with Crippen LogP contribution in [-0.2, 0) is 14.3 Å². The van der Waals surface area contributed by atoms with Crippen molar-refractivity contribution < 1.29 is 14.3 Å². The first-order chi connectivity index (χ1) is 15.5. The molecule has 1 saturated heterocycles. The maximum absolute atomic E-state index is 13.3. The average molecular weight is 477 g/mol. The Balaban J connectivity index is 1.96. The molecule has 0 aliphatic carbocycles. The Morgan fingerprint density at radius 2 is 2.09 bits per heavy atom. The van der Waals surface area contributed by atoms with Crippen molar-refractivity contribution in [3.63, 3.8) is 0 Å². The molecule has 1 N–H and O–H groups in total. The van der Waals surface area contributed by atoms with Gasteiger partial charge in [-0.1, -0.05) is 30.0 Å². The third kappa shape index (κ3) is 5.55. The lowest BCUT2D eigenvalue weighted by Crippen LogP contribution is -2.29. The Kier molecular flexibility index (Phi) is 8.80. The van der Waals surface area contributed by atoms with Crippen molar-refractivity contribution in [3.8, 4) is 0 Å². The lowest BCUT2D eigenvalue weighted by Gasteiger charge is -2.14. The monoisotopic (exact) mass is 476 g/mol. The smallest absolute Gasteiger partial charge is 0.267 e. The van der Waals surface area contributed by atoms with E-state index in [4.69, 9.17) is 26.7 Å². The first-order valence-corrected chi connectivity index (χ1v) is 11.8. The van der Waals surface area contributed by atoms with Crippen LogP contribution >= 0.6 is 24.0 Å². The van der Waals surface area contributed by atoms with Gasteiger partial charge in [-0.2, -0.15) is 0 Å². The second-order valence-electron chi connectivity index (χ2n) is 7.22. The summed E-state index contributed by atoms with van der Waals surface area (Å²) in [6, 6.07) is 3.71.